The summed E-state index contributed by atoms with van der Waals surface area (Å²) in [5.74, 6) is -4.19. The molecule has 0 fully saturated rings. The van der Waals surface area contributed by atoms with E-state index in [1.165, 1.54) is 13.8 Å². The largest absolute Gasteiger partial charge is 0.480 e. The lowest BCUT2D eigenvalue weighted by atomic mass is 10.1. The Labute approximate surface area is 359 Å². The molecule has 21 nitrogen and oxygen atoms in total. The normalized spacial score (nSPS) is 14.9. The second-order valence-corrected chi connectivity index (χ2v) is 14.2. The fourth-order valence-corrected chi connectivity index (χ4v) is 4.33. The summed E-state index contributed by atoms with van der Waals surface area (Å²) in [7, 11) is 0. The standard InChI is InChI=1S/C15H22N2O5.C14H20N2O3S.C7H14N2O5.C3H8O2/c1-10(22-15(20)13(17)8-18)9-21-14(19)12(16)7-11-5-3-2-4-6-11;1-20-8-7-11(15)13(17)19-14(18)12(16)9-10-5-3-2-4-6-10;1-3(5(9)6(11)12)14-7(13)4(8)2-10;1-3(5)2-4/h2-6,10,12-13,18H,7-9,16-17H2,1H3;2-6,11-12H,7-9,15-16H2,1H3;3-5,10H,2,8-9H2,1H3,(H,11,12);3-5H,2H2,1H3/t10?,12-,13-;11-,12-;3-,4+,5+;/m001./s1. The predicted molar refractivity (Wildman–Crippen MR) is 225 cm³/mol. The van der Waals surface area contributed by atoms with E-state index < -0.39 is 104 Å². The maximum absolute atomic E-state index is 11.8. The Morgan fingerprint density at radius 1 is 0.607 bits per heavy atom. The van der Waals surface area contributed by atoms with Gasteiger partial charge in [0, 0.05) is 0 Å². The first-order chi connectivity index (χ1) is 28.6. The highest BCUT2D eigenvalue weighted by molar-refractivity contribution is 7.98. The molecule has 0 aliphatic carbocycles. The number of aliphatic hydroxyl groups excluding tert-OH is 4. The molecule has 0 aliphatic heterocycles. The van der Waals surface area contributed by atoms with Crippen LogP contribution >= 0.6 is 11.8 Å². The minimum atomic E-state index is -1.30. The van der Waals surface area contributed by atoms with Gasteiger partial charge in [-0.1, -0.05) is 60.7 Å². The highest BCUT2D eigenvalue weighted by Gasteiger charge is 2.26. The van der Waals surface area contributed by atoms with Gasteiger partial charge in [0.25, 0.3) is 0 Å². The van der Waals surface area contributed by atoms with Crippen molar-refractivity contribution in [1.29, 1.82) is 0 Å². The number of carboxylic acid groups (broad SMARTS) is 1. The second kappa shape index (κ2) is 34.0. The van der Waals surface area contributed by atoms with Crippen LogP contribution in [-0.2, 0) is 60.6 Å². The molecule has 0 heterocycles. The van der Waals surface area contributed by atoms with Crippen LogP contribution in [0.5, 0.6) is 0 Å². The lowest BCUT2D eigenvalue weighted by Crippen LogP contribution is -2.46. The Hall–Kier alpha value is -4.59. The van der Waals surface area contributed by atoms with Crippen molar-refractivity contribution in [3.8, 4) is 0 Å². The maximum Gasteiger partial charge on any atom is 0.330 e. The third-order valence-corrected chi connectivity index (χ3v) is 8.12. The Balaban J connectivity index is 0. The quantitative estimate of drug-likeness (QED) is 0.0339. The van der Waals surface area contributed by atoms with E-state index in [2.05, 4.69) is 4.74 Å². The van der Waals surface area contributed by atoms with E-state index in [0.29, 0.717) is 19.3 Å². The number of benzene rings is 2. The van der Waals surface area contributed by atoms with Gasteiger partial charge in [-0.2, -0.15) is 11.8 Å². The van der Waals surface area contributed by atoms with Gasteiger partial charge in [0.2, 0.25) is 0 Å². The zero-order valence-electron chi connectivity index (χ0n) is 34.8. The van der Waals surface area contributed by atoms with E-state index in [1.54, 1.807) is 18.7 Å². The number of thioether (sulfide) groups is 1. The highest BCUT2D eigenvalue weighted by atomic mass is 32.2. The van der Waals surface area contributed by atoms with Gasteiger partial charge in [-0.05, 0) is 63.2 Å². The molecule has 22 heteroatoms. The maximum atomic E-state index is 11.8. The first kappa shape index (κ1) is 58.5. The van der Waals surface area contributed by atoms with Crippen LogP contribution in [0.15, 0.2) is 60.7 Å². The van der Waals surface area contributed by atoms with Crippen molar-refractivity contribution in [3.63, 3.8) is 0 Å². The summed E-state index contributed by atoms with van der Waals surface area (Å²) in [6.45, 7) is 3.09. The molecule has 0 spiro atoms. The molecule has 346 valence electrons. The molecule has 0 radical (unpaired) electrons. The topological polar surface area (TPSA) is 397 Å². The number of carboxylic acids is 1. The number of aliphatic carboxylic acids is 1. The van der Waals surface area contributed by atoms with Crippen LogP contribution in [0.4, 0.5) is 0 Å². The smallest absolute Gasteiger partial charge is 0.330 e. The molecular weight excluding hydrogens is 825 g/mol. The van der Waals surface area contributed by atoms with E-state index >= 15 is 0 Å². The summed E-state index contributed by atoms with van der Waals surface area (Å²) < 4.78 is 19.2. The van der Waals surface area contributed by atoms with Crippen molar-refractivity contribution < 1.29 is 73.2 Å². The molecule has 0 amide bonds. The molecular formula is C39H64N6O15S. The van der Waals surface area contributed by atoms with Gasteiger partial charge in [-0.25, -0.2) is 9.59 Å². The molecule has 0 bridgehead atoms. The number of rotatable bonds is 21. The number of carbonyl (C=O) groups excluding carboxylic acids is 5. The van der Waals surface area contributed by atoms with Crippen molar-refractivity contribution in [3.05, 3.63) is 71.8 Å². The summed E-state index contributed by atoms with van der Waals surface area (Å²) in [5.41, 5.74) is 34.6. The van der Waals surface area contributed by atoms with Gasteiger partial charge < -0.3 is 78.9 Å². The molecule has 2 rings (SSSR count). The lowest BCUT2D eigenvalue weighted by Gasteiger charge is -2.18. The van der Waals surface area contributed by atoms with Crippen LogP contribution in [0.3, 0.4) is 0 Å². The summed E-state index contributed by atoms with van der Waals surface area (Å²) >= 11 is 1.58. The molecule has 2 unspecified atom stereocenters. The number of hydrogen-bond acceptors (Lipinski definition) is 21. The summed E-state index contributed by atoms with van der Waals surface area (Å²) in [5, 5.41) is 41.7. The van der Waals surface area contributed by atoms with Crippen molar-refractivity contribution in [2.24, 2.45) is 34.4 Å². The first-order valence-electron chi connectivity index (χ1n) is 18.8. The van der Waals surface area contributed by atoms with Gasteiger partial charge >= 0.3 is 35.8 Å². The third kappa shape index (κ3) is 28.5. The van der Waals surface area contributed by atoms with E-state index in [4.69, 9.17) is 74.1 Å². The fourth-order valence-electron chi connectivity index (χ4n) is 3.84. The minimum absolute atomic E-state index is 0.120. The van der Waals surface area contributed by atoms with E-state index in [0.717, 1.165) is 16.9 Å². The van der Waals surface area contributed by atoms with Crippen molar-refractivity contribution >= 4 is 47.6 Å². The molecule has 0 aliphatic rings. The Bertz CT molecular complexity index is 1550. The molecule has 9 atom stereocenters. The lowest BCUT2D eigenvalue weighted by molar-refractivity contribution is -0.162. The second-order valence-electron chi connectivity index (χ2n) is 13.2. The molecule has 61 heavy (non-hydrogen) atoms. The van der Waals surface area contributed by atoms with Gasteiger partial charge in [-0.3, -0.25) is 19.2 Å². The van der Waals surface area contributed by atoms with Crippen LogP contribution in [0.2, 0.25) is 0 Å². The number of aliphatic hydroxyl groups is 4. The molecule has 0 saturated heterocycles. The van der Waals surface area contributed by atoms with Crippen LogP contribution in [0.1, 0.15) is 38.3 Å². The van der Waals surface area contributed by atoms with Crippen molar-refractivity contribution in [2.45, 2.75) is 94.6 Å². The number of hydrogen-bond donors (Lipinski definition) is 11. The molecule has 17 N–H and O–H groups in total. The Morgan fingerprint density at radius 2 is 1.02 bits per heavy atom. The SMILES string of the molecule is CC(COC(=O)[C@@H](N)Cc1ccccc1)OC(=O)[C@@H](N)CO.CC(O)CO.CSCC[C@H](N)C(=O)OC(=O)[C@@H](N)Cc1ccccc1.C[C@@H](OC(=O)[C@@H](N)CO)[C@H](N)C(=O)O. The van der Waals surface area contributed by atoms with Crippen molar-refractivity contribution in [1.82, 2.24) is 0 Å². The number of carbonyl (C=O) groups is 6. The van der Waals surface area contributed by atoms with Crippen LogP contribution in [0.25, 0.3) is 0 Å². The van der Waals surface area contributed by atoms with E-state index in [-0.39, 0.29) is 13.2 Å². The molecule has 2 aromatic rings. The summed E-state index contributed by atoms with van der Waals surface area (Å²) in [6.07, 6.45) is 0.863. The average Bonchev–Trinajstić information content (AvgIpc) is 3.24. The Kier molecular flexibility index (Phi) is 32.7. The van der Waals surface area contributed by atoms with Gasteiger partial charge in [0.15, 0.2) is 0 Å². The average molecular weight is 889 g/mol. The monoisotopic (exact) mass is 888 g/mol. The third-order valence-electron chi connectivity index (χ3n) is 7.47. The summed E-state index contributed by atoms with van der Waals surface area (Å²) in [6, 6.07) is 12.6. The first-order valence-corrected chi connectivity index (χ1v) is 20.2. The van der Waals surface area contributed by atoms with Gasteiger partial charge in [-0.15, -0.1) is 0 Å². The fraction of sp³-hybridized carbons (Fsp3) is 0.538. The molecule has 0 aromatic heterocycles. The minimum Gasteiger partial charge on any atom is -0.480 e. The number of ether oxygens (including phenoxy) is 4. The van der Waals surface area contributed by atoms with Crippen molar-refractivity contribution in [2.75, 3.05) is 38.4 Å². The van der Waals surface area contributed by atoms with Crippen LogP contribution < -0.4 is 34.4 Å². The van der Waals surface area contributed by atoms with Gasteiger partial charge in [0.05, 0.1) is 25.9 Å². The van der Waals surface area contributed by atoms with E-state index in [1.807, 2.05) is 66.9 Å². The van der Waals surface area contributed by atoms with Crippen LogP contribution in [0, 0.1) is 0 Å². The number of esters is 5. The summed E-state index contributed by atoms with van der Waals surface area (Å²) in [4.78, 5) is 67.7. The zero-order valence-corrected chi connectivity index (χ0v) is 35.6. The highest BCUT2D eigenvalue weighted by Crippen LogP contribution is 2.06. The number of nitrogens with two attached hydrogens (primary N) is 6. The van der Waals surface area contributed by atoms with Gasteiger partial charge in [0.1, 0.15) is 55.1 Å². The van der Waals surface area contributed by atoms with E-state index in [9.17, 15) is 28.8 Å². The zero-order chi connectivity index (χ0) is 47.1. The predicted octanol–water partition coefficient (Wildman–Crippen LogP) is -2.93. The Morgan fingerprint density at radius 3 is 1.41 bits per heavy atom. The van der Waals surface area contributed by atoms with Crippen LogP contribution in [-0.4, -0.2) is 154 Å². The molecule has 2 aromatic carbocycles. The molecule has 0 saturated carbocycles.